The fourth-order valence-electron chi connectivity index (χ4n) is 3.25. The fraction of sp³-hybridized carbons (Fsp3) is 0.350. The van der Waals surface area contributed by atoms with E-state index in [-0.39, 0.29) is 24.3 Å². The Kier molecular flexibility index (Phi) is 6.59. The molecule has 1 aliphatic carbocycles. The molecule has 0 aliphatic heterocycles. The van der Waals surface area contributed by atoms with Crippen LogP contribution in [0.15, 0.2) is 35.2 Å². The number of benzene rings is 2. The van der Waals surface area contributed by atoms with E-state index in [1.807, 2.05) is 6.07 Å². The number of carbonyl (C=O) groups is 1. The van der Waals surface area contributed by atoms with E-state index in [2.05, 4.69) is 10.0 Å². The van der Waals surface area contributed by atoms with E-state index in [4.69, 9.17) is 0 Å². The van der Waals surface area contributed by atoms with Gasteiger partial charge in [0, 0.05) is 25.1 Å². The average molecular weight is 426 g/mol. The minimum Gasteiger partial charge on any atom is -0.324 e. The highest BCUT2D eigenvalue weighted by atomic mass is 32.2. The van der Waals surface area contributed by atoms with E-state index in [1.54, 1.807) is 12.1 Å². The minimum absolute atomic E-state index is 0.00704. The molecule has 1 amide bonds. The van der Waals surface area contributed by atoms with Gasteiger partial charge in [0.25, 0.3) is 0 Å². The second-order valence-electron chi connectivity index (χ2n) is 6.93. The molecule has 29 heavy (non-hydrogen) atoms. The van der Waals surface area contributed by atoms with Gasteiger partial charge in [0.1, 0.15) is 5.82 Å². The molecule has 2 aromatic carbocycles. The lowest BCUT2D eigenvalue weighted by Crippen LogP contribution is -2.26. The van der Waals surface area contributed by atoms with Crippen molar-refractivity contribution in [3.05, 3.63) is 58.9 Å². The van der Waals surface area contributed by atoms with Gasteiger partial charge in [-0.15, -0.1) is 0 Å². The molecule has 0 radical (unpaired) electrons. The molecule has 3 rings (SSSR count). The van der Waals surface area contributed by atoms with Crippen molar-refractivity contribution in [2.45, 2.75) is 43.4 Å². The topological polar surface area (TPSA) is 75.3 Å². The van der Waals surface area contributed by atoms with Crippen LogP contribution in [0.2, 0.25) is 0 Å². The smallest absolute Gasteiger partial charge is 0.240 e. The largest absolute Gasteiger partial charge is 0.324 e. The third-order valence-electron chi connectivity index (χ3n) is 4.79. The molecule has 5 nitrogen and oxygen atoms in total. The number of amides is 1. The van der Waals surface area contributed by atoms with Gasteiger partial charge in [-0.3, -0.25) is 4.79 Å². The van der Waals surface area contributed by atoms with Crippen LogP contribution in [0, 0.1) is 17.5 Å². The molecule has 2 N–H and O–H groups in total. The van der Waals surface area contributed by atoms with Crippen LogP contribution in [-0.4, -0.2) is 20.9 Å². The maximum absolute atomic E-state index is 13.5. The second-order valence-corrected chi connectivity index (χ2v) is 8.70. The van der Waals surface area contributed by atoms with Crippen LogP contribution in [0.5, 0.6) is 0 Å². The van der Waals surface area contributed by atoms with Crippen LogP contribution in [-0.2, 0) is 27.7 Å². The van der Waals surface area contributed by atoms with Gasteiger partial charge in [-0.2, -0.15) is 0 Å². The molecule has 0 spiro atoms. The summed E-state index contributed by atoms with van der Waals surface area (Å²) in [5.41, 5.74) is 1.76. The number of halogens is 3. The number of hydrogen-bond acceptors (Lipinski definition) is 3. The summed E-state index contributed by atoms with van der Waals surface area (Å²) in [5, 5.41) is 2.14. The summed E-state index contributed by atoms with van der Waals surface area (Å²) < 4.78 is 66.9. The second kappa shape index (κ2) is 8.96. The highest BCUT2D eigenvalue weighted by molar-refractivity contribution is 7.89. The Balaban J connectivity index is 1.51. The molecule has 0 fully saturated rings. The lowest BCUT2D eigenvalue weighted by atomic mass is 9.92. The molecular weight excluding hydrogens is 405 g/mol. The number of fused-ring (bicyclic) bond motifs is 1. The Morgan fingerprint density at radius 2 is 1.62 bits per heavy atom. The SMILES string of the molecule is O=C(CCCNS(=O)(=O)c1ccc2c(c1)CCCC2)Nc1cc(F)c(F)cc1F. The first-order valence-corrected chi connectivity index (χ1v) is 10.8. The van der Waals surface area contributed by atoms with Gasteiger partial charge in [0.15, 0.2) is 11.6 Å². The van der Waals surface area contributed by atoms with Crippen molar-refractivity contribution in [3.63, 3.8) is 0 Å². The van der Waals surface area contributed by atoms with Crippen molar-refractivity contribution in [1.29, 1.82) is 0 Å². The van der Waals surface area contributed by atoms with Gasteiger partial charge in [0.05, 0.1) is 10.6 Å². The van der Waals surface area contributed by atoms with Crippen LogP contribution >= 0.6 is 0 Å². The van der Waals surface area contributed by atoms with Crippen LogP contribution in [0.1, 0.15) is 36.8 Å². The summed E-state index contributed by atoms with van der Waals surface area (Å²) in [4.78, 5) is 12.0. The van der Waals surface area contributed by atoms with Gasteiger partial charge in [-0.1, -0.05) is 6.07 Å². The first-order chi connectivity index (χ1) is 13.8. The molecule has 0 saturated carbocycles. The Labute approximate surface area is 167 Å². The third kappa shape index (κ3) is 5.36. The lowest BCUT2D eigenvalue weighted by molar-refractivity contribution is -0.116. The van der Waals surface area contributed by atoms with Gasteiger partial charge in [0.2, 0.25) is 15.9 Å². The van der Waals surface area contributed by atoms with Gasteiger partial charge >= 0.3 is 0 Å². The number of sulfonamides is 1. The van der Waals surface area contributed by atoms with Crippen molar-refractivity contribution >= 4 is 21.6 Å². The zero-order valence-electron chi connectivity index (χ0n) is 15.6. The number of hydrogen-bond donors (Lipinski definition) is 2. The summed E-state index contributed by atoms with van der Waals surface area (Å²) in [6.45, 7) is 0.00704. The van der Waals surface area contributed by atoms with Crippen molar-refractivity contribution < 1.29 is 26.4 Å². The van der Waals surface area contributed by atoms with Crippen molar-refractivity contribution in [3.8, 4) is 0 Å². The van der Waals surface area contributed by atoms with Crippen molar-refractivity contribution in [2.75, 3.05) is 11.9 Å². The number of nitrogens with one attached hydrogen (secondary N) is 2. The van der Waals surface area contributed by atoms with E-state index in [0.717, 1.165) is 31.2 Å². The molecule has 156 valence electrons. The number of anilines is 1. The van der Waals surface area contributed by atoms with Gasteiger partial charge < -0.3 is 5.32 Å². The summed E-state index contributed by atoms with van der Waals surface area (Å²) in [6.07, 6.45) is 3.99. The zero-order chi connectivity index (χ0) is 21.0. The molecule has 0 unspecified atom stereocenters. The van der Waals surface area contributed by atoms with E-state index in [1.165, 1.54) is 5.56 Å². The zero-order valence-corrected chi connectivity index (χ0v) is 16.4. The van der Waals surface area contributed by atoms with Crippen LogP contribution in [0.4, 0.5) is 18.9 Å². The van der Waals surface area contributed by atoms with Gasteiger partial charge in [-0.05, 0) is 55.4 Å². The van der Waals surface area contributed by atoms with Gasteiger partial charge in [-0.25, -0.2) is 26.3 Å². The highest BCUT2D eigenvalue weighted by Gasteiger charge is 2.18. The predicted molar refractivity (Wildman–Crippen MR) is 102 cm³/mol. The monoisotopic (exact) mass is 426 g/mol. The van der Waals surface area contributed by atoms with Crippen LogP contribution < -0.4 is 10.0 Å². The Hall–Kier alpha value is -2.39. The normalized spacial score (nSPS) is 13.8. The molecular formula is C20H21F3N2O3S. The van der Waals surface area contributed by atoms with Crippen molar-refractivity contribution in [1.82, 2.24) is 4.72 Å². The summed E-state index contributed by atoms with van der Waals surface area (Å²) >= 11 is 0. The summed E-state index contributed by atoms with van der Waals surface area (Å²) in [6, 6.07) is 6.01. The average Bonchev–Trinajstić information content (AvgIpc) is 2.69. The first kappa shape index (κ1) is 21.3. The summed E-state index contributed by atoms with van der Waals surface area (Å²) in [5.74, 6) is -4.36. The van der Waals surface area contributed by atoms with Crippen LogP contribution in [0.25, 0.3) is 0 Å². The number of rotatable bonds is 7. The number of carbonyl (C=O) groups excluding carboxylic acids is 1. The predicted octanol–water partition coefficient (Wildman–Crippen LogP) is 3.68. The minimum atomic E-state index is -3.70. The number of aryl methyl sites for hydroxylation is 2. The van der Waals surface area contributed by atoms with E-state index < -0.39 is 39.1 Å². The molecule has 0 heterocycles. The van der Waals surface area contributed by atoms with E-state index in [0.29, 0.717) is 12.1 Å². The maximum Gasteiger partial charge on any atom is 0.240 e. The quantitative estimate of drug-likeness (QED) is 0.524. The fourth-order valence-corrected chi connectivity index (χ4v) is 4.37. The van der Waals surface area contributed by atoms with Crippen molar-refractivity contribution in [2.24, 2.45) is 0 Å². The summed E-state index contributed by atoms with van der Waals surface area (Å²) in [7, 11) is -3.70. The first-order valence-electron chi connectivity index (χ1n) is 9.32. The molecule has 0 atom stereocenters. The molecule has 0 saturated heterocycles. The molecule has 9 heteroatoms. The maximum atomic E-state index is 13.5. The third-order valence-corrected chi connectivity index (χ3v) is 6.25. The standard InChI is InChI=1S/C20H21F3N2O3S/c21-16-11-18(23)19(12-17(16)22)25-20(26)6-3-9-24-29(27,28)15-8-7-13-4-1-2-5-14(13)10-15/h7-8,10-12,24H,1-6,9H2,(H,25,26). The van der Waals surface area contributed by atoms with Crippen LogP contribution in [0.3, 0.4) is 0 Å². The lowest BCUT2D eigenvalue weighted by Gasteiger charge is -2.16. The molecule has 1 aliphatic rings. The van der Waals surface area contributed by atoms with E-state index in [9.17, 15) is 26.4 Å². The molecule has 2 aromatic rings. The van der Waals surface area contributed by atoms with E-state index >= 15 is 0 Å². The molecule has 0 bridgehead atoms. The Bertz CT molecular complexity index is 1030. The highest BCUT2D eigenvalue weighted by Crippen LogP contribution is 2.24. The molecule has 0 aromatic heterocycles. The Morgan fingerprint density at radius 3 is 2.38 bits per heavy atom. The Morgan fingerprint density at radius 1 is 0.931 bits per heavy atom.